The van der Waals surface area contributed by atoms with Gasteiger partial charge in [0.1, 0.15) is 48.3 Å². The zero-order chi connectivity index (χ0) is 53.9. The number of aliphatic hydroxyl groups excluding tert-OH is 1. The number of amides is 9. The van der Waals surface area contributed by atoms with Gasteiger partial charge in [-0.3, -0.25) is 47.9 Å². The van der Waals surface area contributed by atoms with E-state index in [-0.39, 0.29) is 64.0 Å². The van der Waals surface area contributed by atoms with Crippen LogP contribution in [0.5, 0.6) is 0 Å². The molecule has 9 amide bonds. The first-order chi connectivity index (χ1) is 34.6. The lowest BCUT2D eigenvalue weighted by Gasteiger charge is -2.32. The van der Waals surface area contributed by atoms with Gasteiger partial charge in [0.25, 0.3) is 0 Å². The van der Waals surface area contributed by atoms with Gasteiger partial charge in [-0.2, -0.15) is 0 Å². The molecule has 2 aliphatic rings. The van der Waals surface area contributed by atoms with Crippen LogP contribution in [0.25, 0.3) is 0 Å². The number of likely N-dealkylation sites (tertiary alicyclic amines) is 2. The monoisotopic (exact) mass is 1020 g/mol. The largest absolute Gasteiger partial charge is 0.481 e. The Morgan fingerprint density at radius 1 is 0.603 bits per heavy atom. The standard InChI is InChI=1S/C49H68N10O14/c1-27(2)22-35(49(72)73)56-44(67)33(25-40(62)63)53-43(66)32(23-29-12-6-4-7-13-29)54-45(68)37-16-10-20-58(37)47(70)34(24-30-14-8-5-9-15-30)55-46(69)38-17-11-21-59(38)48(71)36(26-60)57-41(64)28(3)52-42(65)31(50)18-19-39(51)61/h4-9,12-15,27-28,31-38,60H,10-11,16-26,50H2,1-3H3,(H2,51,61)(H,52,65)(H,53,66)(H,54,68)(H,55,69)(H,56,67)(H,57,64)(H,62,63)(H,72,73)/t28-,31-,32-,33-,34-,35-,36-,37-,38-/m0/s1. The van der Waals surface area contributed by atoms with E-state index in [1.807, 2.05) is 0 Å². The Hall–Kier alpha value is -7.47. The van der Waals surface area contributed by atoms with E-state index in [1.54, 1.807) is 74.5 Å². The molecule has 4 rings (SSSR count). The van der Waals surface area contributed by atoms with Crippen molar-refractivity contribution in [2.45, 2.75) is 139 Å². The van der Waals surface area contributed by atoms with Crippen molar-refractivity contribution >= 4 is 65.1 Å². The lowest BCUT2D eigenvalue weighted by molar-refractivity contribution is -0.145. The third-order valence-corrected chi connectivity index (χ3v) is 12.4. The summed E-state index contributed by atoms with van der Waals surface area (Å²) in [6, 6.07) is 5.04. The van der Waals surface area contributed by atoms with Crippen LogP contribution < -0.4 is 43.4 Å². The van der Waals surface area contributed by atoms with E-state index in [2.05, 4.69) is 31.9 Å². The van der Waals surface area contributed by atoms with Crippen LogP contribution in [0.15, 0.2) is 60.7 Å². The van der Waals surface area contributed by atoms with E-state index in [0.29, 0.717) is 24.0 Å². The van der Waals surface area contributed by atoms with Crippen molar-refractivity contribution in [2.24, 2.45) is 17.4 Å². The number of hydrogen-bond acceptors (Lipinski definition) is 13. The predicted molar refractivity (Wildman–Crippen MR) is 260 cm³/mol. The number of primary amides is 1. The van der Waals surface area contributed by atoms with E-state index < -0.39 is 133 Å². The predicted octanol–water partition coefficient (Wildman–Crippen LogP) is -2.43. The van der Waals surface area contributed by atoms with Gasteiger partial charge >= 0.3 is 11.9 Å². The van der Waals surface area contributed by atoms with Crippen LogP contribution in [0.3, 0.4) is 0 Å². The number of nitrogens with one attached hydrogen (secondary N) is 6. The summed E-state index contributed by atoms with van der Waals surface area (Å²) < 4.78 is 0. The molecular weight excluding hydrogens is 953 g/mol. The van der Waals surface area contributed by atoms with Crippen molar-refractivity contribution in [3.05, 3.63) is 71.8 Å². The quantitative estimate of drug-likeness (QED) is 0.0444. The molecule has 2 aliphatic heterocycles. The van der Waals surface area contributed by atoms with Crippen LogP contribution in [0.2, 0.25) is 0 Å². The van der Waals surface area contributed by atoms with Gasteiger partial charge in [-0.05, 0) is 62.5 Å². The maximum atomic E-state index is 14.7. The number of hydrogen-bond donors (Lipinski definition) is 11. The van der Waals surface area contributed by atoms with Crippen molar-refractivity contribution in [1.82, 2.24) is 41.7 Å². The molecule has 2 fully saturated rings. The van der Waals surface area contributed by atoms with Crippen LogP contribution in [-0.4, -0.2) is 164 Å². The van der Waals surface area contributed by atoms with Crippen LogP contribution in [0.1, 0.15) is 83.3 Å². The SMILES string of the molecule is CC(C)C[C@H](NC(=O)[C@H](CC(=O)O)NC(=O)[C@H](Cc1ccccc1)NC(=O)[C@@H]1CCCN1C(=O)[C@H](Cc1ccccc1)NC(=O)[C@@H]1CCCN1C(=O)[C@H](CO)NC(=O)[C@H](C)NC(=O)[C@@H](N)CCC(N)=O)C(=O)O. The number of rotatable bonds is 27. The van der Waals surface area contributed by atoms with Crippen LogP contribution in [0, 0.1) is 5.92 Å². The van der Waals surface area contributed by atoms with Crippen molar-refractivity contribution in [3.8, 4) is 0 Å². The van der Waals surface area contributed by atoms with E-state index in [9.17, 15) is 68.1 Å². The number of aliphatic hydroxyl groups is 1. The molecule has 2 saturated heterocycles. The van der Waals surface area contributed by atoms with Crippen LogP contribution in [0.4, 0.5) is 0 Å². The third kappa shape index (κ3) is 17.7. The molecule has 0 aliphatic carbocycles. The number of benzene rings is 2. The van der Waals surface area contributed by atoms with E-state index in [4.69, 9.17) is 11.5 Å². The molecule has 24 heteroatoms. The molecule has 0 unspecified atom stereocenters. The average molecular weight is 1020 g/mol. The maximum absolute atomic E-state index is 14.7. The molecular formula is C49H68N10O14. The molecule has 2 aromatic carbocycles. The average Bonchev–Trinajstić information content (AvgIpc) is 4.05. The molecule has 398 valence electrons. The van der Waals surface area contributed by atoms with E-state index >= 15 is 0 Å². The molecule has 13 N–H and O–H groups in total. The second-order valence-corrected chi connectivity index (χ2v) is 18.7. The van der Waals surface area contributed by atoms with Gasteiger partial charge in [0.05, 0.1) is 19.1 Å². The Morgan fingerprint density at radius 3 is 1.55 bits per heavy atom. The summed E-state index contributed by atoms with van der Waals surface area (Å²) in [6.07, 6.45) is -0.343. The van der Waals surface area contributed by atoms with Gasteiger partial charge in [-0.1, -0.05) is 74.5 Å². The number of carboxylic acids is 2. The number of carboxylic acid groups (broad SMARTS) is 2. The summed E-state index contributed by atoms with van der Waals surface area (Å²) in [4.78, 5) is 147. The highest BCUT2D eigenvalue weighted by Gasteiger charge is 2.43. The van der Waals surface area contributed by atoms with Crippen molar-refractivity contribution in [1.29, 1.82) is 0 Å². The molecule has 24 nitrogen and oxygen atoms in total. The normalized spacial score (nSPS) is 18.2. The van der Waals surface area contributed by atoms with Crippen molar-refractivity contribution in [3.63, 3.8) is 0 Å². The molecule has 9 atom stereocenters. The smallest absolute Gasteiger partial charge is 0.326 e. The number of carbonyl (C=O) groups is 11. The topological polar surface area (TPSA) is 379 Å². The Kier molecular flexibility index (Phi) is 22.2. The lowest BCUT2D eigenvalue weighted by atomic mass is 10.0. The summed E-state index contributed by atoms with van der Waals surface area (Å²) >= 11 is 0. The summed E-state index contributed by atoms with van der Waals surface area (Å²) in [5, 5.41) is 44.5. The number of nitrogens with two attached hydrogens (primary N) is 2. The minimum Gasteiger partial charge on any atom is -0.481 e. The molecule has 2 aromatic rings. The number of carbonyl (C=O) groups excluding carboxylic acids is 9. The fourth-order valence-corrected chi connectivity index (χ4v) is 8.57. The van der Waals surface area contributed by atoms with Gasteiger partial charge in [0, 0.05) is 32.4 Å². The molecule has 73 heavy (non-hydrogen) atoms. The molecule has 0 saturated carbocycles. The van der Waals surface area contributed by atoms with Gasteiger partial charge in [0.15, 0.2) is 0 Å². The molecule has 0 radical (unpaired) electrons. The highest BCUT2D eigenvalue weighted by Crippen LogP contribution is 2.23. The van der Waals surface area contributed by atoms with E-state index in [0.717, 1.165) is 0 Å². The van der Waals surface area contributed by atoms with Gasteiger partial charge in [0.2, 0.25) is 53.2 Å². The summed E-state index contributed by atoms with van der Waals surface area (Å²) in [5.41, 5.74) is 12.1. The molecule has 0 aromatic heterocycles. The van der Waals surface area contributed by atoms with E-state index in [1.165, 1.54) is 16.7 Å². The molecule has 0 spiro atoms. The first-order valence-corrected chi connectivity index (χ1v) is 24.2. The third-order valence-electron chi connectivity index (χ3n) is 12.4. The van der Waals surface area contributed by atoms with Crippen LogP contribution in [-0.2, 0) is 65.6 Å². The second kappa shape index (κ2) is 28.0. The van der Waals surface area contributed by atoms with Crippen molar-refractivity contribution < 1.29 is 68.1 Å². The minimum absolute atomic E-state index is 0.0173. The summed E-state index contributed by atoms with van der Waals surface area (Å²) in [6.45, 7) is 4.02. The van der Waals surface area contributed by atoms with Crippen molar-refractivity contribution in [2.75, 3.05) is 19.7 Å². The Bertz CT molecular complexity index is 2300. The second-order valence-electron chi connectivity index (χ2n) is 18.7. The zero-order valence-electron chi connectivity index (χ0n) is 41.1. The first kappa shape index (κ1) is 58.1. The highest BCUT2D eigenvalue weighted by molar-refractivity contribution is 5.99. The fraction of sp³-hybridized carbons (Fsp3) is 0.531. The first-order valence-electron chi connectivity index (χ1n) is 24.2. The van der Waals surface area contributed by atoms with Gasteiger partial charge < -0.3 is 68.5 Å². The maximum Gasteiger partial charge on any atom is 0.326 e. The highest BCUT2D eigenvalue weighted by atomic mass is 16.4. The van der Waals surface area contributed by atoms with Crippen LogP contribution >= 0.6 is 0 Å². The Morgan fingerprint density at radius 2 is 1.07 bits per heavy atom. The summed E-state index contributed by atoms with van der Waals surface area (Å²) in [7, 11) is 0. The fourth-order valence-electron chi connectivity index (χ4n) is 8.57. The summed E-state index contributed by atoms with van der Waals surface area (Å²) in [5.74, 6) is -10.3. The number of nitrogens with zero attached hydrogens (tertiary/aromatic N) is 2. The minimum atomic E-state index is -1.74. The Balaban J connectivity index is 1.53. The molecule has 2 heterocycles. The van der Waals surface area contributed by atoms with Gasteiger partial charge in [-0.25, -0.2) is 4.79 Å². The molecule has 0 bridgehead atoms. The Labute approximate surface area is 422 Å². The lowest BCUT2D eigenvalue weighted by Crippen LogP contribution is -2.60. The van der Waals surface area contributed by atoms with Gasteiger partial charge in [-0.15, -0.1) is 0 Å². The number of aliphatic carboxylic acids is 2. The zero-order valence-corrected chi connectivity index (χ0v) is 41.1.